The van der Waals surface area contributed by atoms with E-state index < -0.39 is 0 Å². The van der Waals surface area contributed by atoms with Crippen molar-refractivity contribution in [2.75, 3.05) is 0 Å². The van der Waals surface area contributed by atoms with Crippen LogP contribution < -0.4 is 0 Å². The number of hydrogen-bond donors (Lipinski definition) is 0. The first kappa shape index (κ1) is 27.2. The number of benzene rings is 8. The van der Waals surface area contributed by atoms with E-state index in [1.165, 1.54) is 16.2 Å². The van der Waals surface area contributed by atoms with E-state index in [1.54, 1.807) is 0 Å². The molecule has 0 atom stereocenters. The first-order valence-electron chi connectivity index (χ1n) is 16.9. The van der Waals surface area contributed by atoms with Gasteiger partial charge in [-0.25, -0.2) is 9.97 Å². The Bertz CT molecular complexity index is 3140. The van der Waals surface area contributed by atoms with Gasteiger partial charge in [0.25, 0.3) is 0 Å². The van der Waals surface area contributed by atoms with Gasteiger partial charge in [0, 0.05) is 27.1 Å². The van der Waals surface area contributed by atoms with Crippen LogP contribution >= 0.6 is 0 Å². The zero-order valence-electron chi connectivity index (χ0n) is 26.8. The minimum Gasteiger partial charge on any atom is -0.454 e. The van der Waals surface area contributed by atoms with Crippen molar-refractivity contribution in [3.8, 4) is 28.2 Å². The van der Waals surface area contributed by atoms with Gasteiger partial charge in [-0.05, 0) is 63.0 Å². The fraction of sp³-hybridized carbons (Fsp3) is 0. The molecule has 0 N–H and O–H groups in total. The molecule has 11 aromatic rings. The molecule has 4 nitrogen and oxygen atoms in total. The van der Waals surface area contributed by atoms with E-state index in [1.807, 2.05) is 12.1 Å². The number of aromatic nitrogens is 3. The molecule has 0 fully saturated rings. The number of para-hydroxylation sites is 1. The molecule has 0 spiro atoms. The second-order valence-electron chi connectivity index (χ2n) is 13.0. The first-order valence-corrected chi connectivity index (χ1v) is 16.9. The van der Waals surface area contributed by atoms with Crippen LogP contribution in [0.1, 0.15) is 0 Å². The lowest BCUT2D eigenvalue weighted by atomic mass is 9.98. The molecule has 50 heavy (non-hydrogen) atoms. The van der Waals surface area contributed by atoms with Crippen molar-refractivity contribution < 1.29 is 4.42 Å². The highest BCUT2D eigenvalue weighted by molar-refractivity contribution is 6.35. The minimum absolute atomic E-state index is 0.766. The molecule has 0 amide bonds. The van der Waals surface area contributed by atoms with Crippen LogP contribution in [0, 0.1) is 0 Å². The van der Waals surface area contributed by atoms with Gasteiger partial charge < -0.3 is 4.42 Å². The Kier molecular flexibility index (Phi) is 5.63. The highest BCUT2D eigenvalue weighted by Crippen LogP contribution is 2.47. The Morgan fingerprint density at radius 2 is 1.08 bits per heavy atom. The highest BCUT2D eigenvalue weighted by atomic mass is 16.3. The number of nitrogens with zero attached hydrogens (tertiary/aromatic N) is 3. The fourth-order valence-electron chi connectivity index (χ4n) is 7.88. The Hall–Kier alpha value is -6.78. The normalized spacial score (nSPS) is 12.0. The maximum Gasteiger partial charge on any atom is 0.165 e. The average Bonchev–Trinajstić information content (AvgIpc) is 3.73. The predicted octanol–water partition coefficient (Wildman–Crippen LogP) is 12.3. The van der Waals surface area contributed by atoms with Crippen LogP contribution in [-0.2, 0) is 0 Å². The van der Waals surface area contributed by atoms with Crippen LogP contribution in [0.15, 0.2) is 168 Å². The number of furan rings is 1. The van der Waals surface area contributed by atoms with Crippen molar-refractivity contribution in [2.45, 2.75) is 0 Å². The molecule has 3 aromatic heterocycles. The number of rotatable bonds is 3. The van der Waals surface area contributed by atoms with Gasteiger partial charge in [-0.2, -0.15) is 0 Å². The Balaban J connectivity index is 1.35. The lowest BCUT2D eigenvalue weighted by Crippen LogP contribution is -2.04. The summed E-state index contributed by atoms with van der Waals surface area (Å²) < 4.78 is 9.31. The van der Waals surface area contributed by atoms with Crippen LogP contribution in [0.5, 0.6) is 0 Å². The molecular weight excluding hydrogens is 611 g/mol. The predicted molar refractivity (Wildman–Crippen MR) is 207 cm³/mol. The van der Waals surface area contributed by atoms with Crippen molar-refractivity contribution >= 4 is 76.3 Å². The van der Waals surface area contributed by atoms with E-state index in [-0.39, 0.29) is 0 Å². The molecule has 0 saturated heterocycles. The summed E-state index contributed by atoms with van der Waals surface area (Å²) >= 11 is 0. The van der Waals surface area contributed by atoms with E-state index in [2.05, 4.69) is 156 Å². The quantitative estimate of drug-likeness (QED) is 0.194. The summed E-state index contributed by atoms with van der Waals surface area (Å²) in [5, 5.41) is 9.20. The van der Waals surface area contributed by atoms with Crippen LogP contribution in [-0.4, -0.2) is 14.5 Å². The summed E-state index contributed by atoms with van der Waals surface area (Å²) in [4.78, 5) is 10.9. The molecule has 0 aliphatic rings. The van der Waals surface area contributed by atoms with E-state index in [0.717, 1.165) is 88.4 Å². The van der Waals surface area contributed by atoms with Crippen LogP contribution in [0.3, 0.4) is 0 Å². The topological polar surface area (TPSA) is 43.9 Å². The molecule has 0 aliphatic carbocycles. The fourth-order valence-corrected chi connectivity index (χ4v) is 7.88. The molecule has 4 heteroatoms. The van der Waals surface area contributed by atoms with Crippen LogP contribution in [0.4, 0.5) is 0 Å². The second kappa shape index (κ2) is 10.4. The largest absolute Gasteiger partial charge is 0.454 e. The van der Waals surface area contributed by atoms with Gasteiger partial charge in [-0.3, -0.25) is 4.57 Å². The first-order chi connectivity index (χ1) is 24.8. The van der Waals surface area contributed by atoms with Gasteiger partial charge in [0.05, 0.1) is 22.1 Å². The summed E-state index contributed by atoms with van der Waals surface area (Å²) in [5.74, 6) is 0.766. The standard InChI is InChI=1S/C46H27N3O/c1-3-13-28(14-4-1)32-23-24-37-38(26-32)48-46(43(47-37)29-15-5-2-6-16-29)49-39-22-12-11-21-35(39)41-33-19-9-10-20-34(33)42-36-25-30-17-7-8-18-31(30)27-40(36)50-45(42)44(41)49/h1-27H. The third kappa shape index (κ3) is 3.87. The number of hydrogen-bond acceptors (Lipinski definition) is 3. The summed E-state index contributed by atoms with van der Waals surface area (Å²) in [6.07, 6.45) is 0. The van der Waals surface area contributed by atoms with Gasteiger partial charge in [-0.1, -0.05) is 133 Å². The maximum absolute atomic E-state index is 7.01. The average molecular weight is 638 g/mol. The minimum atomic E-state index is 0.766. The molecule has 0 unspecified atom stereocenters. The van der Waals surface area contributed by atoms with E-state index in [0.29, 0.717) is 0 Å². The third-order valence-electron chi connectivity index (χ3n) is 10.1. The smallest absolute Gasteiger partial charge is 0.165 e. The summed E-state index contributed by atoms with van der Waals surface area (Å²) in [6.45, 7) is 0. The third-order valence-corrected chi connectivity index (χ3v) is 10.1. The van der Waals surface area contributed by atoms with Crippen molar-refractivity contribution in [3.63, 3.8) is 0 Å². The van der Waals surface area contributed by atoms with E-state index in [4.69, 9.17) is 14.4 Å². The molecule has 0 saturated carbocycles. The zero-order valence-corrected chi connectivity index (χ0v) is 26.8. The SMILES string of the molecule is c1ccc(-c2ccc3nc(-c4ccccc4)c(-n4c5ccccc5c5c6ccccc6c6c7cc8ccccc8cc7oc6c54)nc3c2)cc1. The molecule has 3 heterocycles. The van der Waals surface area contributed by atoms with Crippen molar-refractivity contribution in [2.24, 2.45) is 0 Å². The second-order valence-corrected chi connectivity index (χ2v) is 13.0. The van der Waals surface area contributed by atoms with Crippen molar-refractivity contribution in [1.29, 1.82) is 0 Å². The van der Waals surface area contributed by atoms with Crippen molar-refractivity contribution in [3.05, 3.63) is 164 Å². The summed E-state index contributed by atoms with van der Waals surface area (Å²) in [7, 11) is 0. The van der Waals surface area contributed by atoms with Gasteiger partial charge in [0.2, 0.25) is 0 Å². The van der Waals surface area contributed by atoms with E-state index in [9.17, 15) is 0 Å². The van der Waals surface area contributed by atoms with Crippen LogP contribution in [0.2, 0.25) is 0 Å². The zero-order chi connectivity index (χ0) is 32.8. The molecule has 8 aromatic carbocycles. The van der Waals surface area contributed by atoms with E-state index >= 15 is 0 Å². The van der Waals surface area contributed by atoms with Crippen molar-refractivity contribution in [1.82, 2.24) is 14.5 Å². The monoisotopic (exact) mass is 637 g/mol. The summed E-state index contributed by atoms with van der Waals surface area (Å²) in [5.41, 5.74) is 9.50. The molecule has 11 rings (SSSR count). The molecule has 0 aliphatic heterocycles. The van der Waals surface area contributed by atoms with Gasteiger partial charge >= 0.3 is 0 Å². The lowest BCUT2D eigenvalue weighted by Gasteiger charge is -2.15. The van der Waals surface area contributed by atoms with Crippen LogP contribution in [0.25, 0.3) is 105 Å². The summed E-state index contributed by atoms with van der Waals surface area (Å²) in [6, 6.07) is 57.5. The van der Waals surface area contributed by atoms with Gasteiger partial charge in [0.15, 0.2) is 11.4 Å². The molecule has 0 radical (unpaired) electrons. The molecule has 0 bridgehead atoms. The Labute approximate surface area is 286 Å². The maximum atomic E-state index is 7.01. The molecular formula is C46H27N3O. The van der Waals surface area contributed by atoms with Gasteiger partial charge in [-0.15, -0.1) is 0 Å². The van der Waals surface area contributed by atoms with Gasteiger partial charge in [0.1, 0.15) is 11.3 Å². The Morgan fingerprint density at radius 3 is 1.86 bits per heavy atom. The lowest BCUT2D eigenvalue weighted by molar-refractivity contribution is 0.671. The number of fused-ring (bicyclic) bond motifs is 12. The highest BCUT2D eigenvalue weighted by Gasteiger charge is 2.25. The Morgan fingerprint density at radius 1 is 0.440 bits per heavy atom. The molecule has 232 valence electrons.